The zero-order valence-corrected chi connectivity index (χ0v) is 14.1. The third-order valence-corrected chi connectivity index (χ3v) is 7.13. The van der Waals surface area contributed by atoms with Crippen molar-refractivity contribution in [2.24, 2.45) is 5.92 Å². The van der Waals surface area contributed by atoms with Crippen molar-refractivity contribution in [3.63, 3.8) is 0 Å². The molecule has 0 saturated carbocycles. The average molecular weight is 336 g/mol. The molecule has 1 saturated heterocycles. The Bertz CT molecular complexity index is 624. The SMILES string of the molecule is Cc1c(C(=O)N2CC(C)CCC2C)csc1S(=O)(=O)Cl. The van der Waals surface area contributed by atoms with Crippen LogP contribution in [0.2, 0.25) is 0 Å². The summed E-state index contributed by atoms with van der Waals surface area (Å²) in [7, 11) is 1.60. The number of hydrogen-bond donors (Lipinski definition) is 0. The molecule has 2 heterocycles. The Balaban J connectivity index is 2.32. The van der Waals surface area contributed by atoms with E-state index in [1.54, 1.807) is 12.3 Å². The molecule has 1 aromatic rings. The van der Waals surface area contributed by atoms with Crippen LogP contribution in [-0.2, 0) is 9.05 Å². The van der Waals surface area contributed by atoms with Crippen molar-refractivity contribution in [3.8, 4) is 0 Å². The molecule has 2 unspecified atom stereocenters. The van der Waals surface area contributed by atoms with Gasteiger partial charge in [0.25, 0.3) is 15.0 Å². The van der Waals surface area contributed by atoms with E-state index in [0.717, 1.165) is 30.7 Å². The average Bonchev–Trinajstić information content (AvgIpc) is 2.73. The van der Waals surface area contributed by atoms with Crippen LogP contribution in [0.4, 0.5) is 0 Å². The van der Waals surface area contributed by atoms with Crippen LogP contribution in [0.3, 0.4) is 0 Å². The molecule has 2 atom stereocenters. The lowest BCUT2D eigenvalue weighted by Crippen LogP contribution is -2.45. The van der Waals surface area contributed by atoms with E-state index in [1.165, 1.54) is 0 Å². The summed E-state index contributed by atoms with van der Waals surface area (Å²) in [5.74, 6) is 0.384. The summed E-state index contributed by atoms with van der Waals surface area (Å²) in [5, 5.41) is 1.60. The number of rotatable bonds is 2. The fourth-order valence-corrected chi connectivity index (χ4v) is 5.12. The molecular weight excluding hydrogens is 318 g/mol. The lowest BCUT2D eigenvalue weighted by atomic mass is 9.94. The molecule has 112 valence electrons. The summed E-state index contributed by atoms with van der Waals surface area (Å²) in [5.41, 5.74) is 0.913. The van der Waals surface area contributed by atoms with E-state index < -0.39 is 9.05 Å². The highest BCUT2D eigenvalue weighted by Gasteiger charge is 2.30. The summed E-state index contributed by atoms with van der Waals surface area (Å²) in [6.45, 7) is 6.52. The highest BCUT2D eigenvalue weighted by molar-refractivity contribution is 8.15. The standard InChI is InChI=1S/C13H18ClNO3S2/c1-8-4-5-9(2)15(6-8)12(16)11-7-19-13(10(11)3)20(14,17)18/h7-9H,4-6H2,1-3H3. The molecule has 0 spiro atoms. The third-order valence-electron chi connectivity index (χ3n) is 3.82. The largest absolute Gasteiger partial charge is 0.336 e. The normalized spacial score (nSPS) is 23.9. The van der Waals surface area contributed by atoms with E-state index in [4.69, 9.17) is 10.7 Å². The van der Waals surface area contributed by atoms with Crippen molar-refractivity contribution < 1.29 is 13.2 Å². The van der Waals surface area contributed by atoms with Crippen LogP contribution in [0.1, 0.15) is 42.6 Å². The van der Waals surface area contributed by atoms with Gasteiger partial charge >= 0.3 is 0 Å². The number of hydrogen-bond acceptors (Lipinski definition) is 4. The predicted octanol–water partition coefficient (Wildman–Crippen LogP) is 3.24. The lowest BCUT2D eigenvalue weighted by molar-refractivity contribution is 0.0573. The van der Waals surface area contributed by atoms with Gasteiger partial charge < -0.3 is 4.90 Å². The molecule has 1 fully saturated rings. The first kappa shape index (κ1) is 15.8. The number of nitrogens with zero attached hydrogens (tertiary/aromatic N) is 1. The van der Waals surface area contributed by atoms with E-state index in [2.05, 4.69) is 6.92 Å². The van der Waals surface area contributed by atoms with Crippen LogP contribution >= 0.6 is 22.0 Å². The quantitative estimate of drug-likeness (QED) is 0.779. The summed E-state index contributed by atoms with van der Waals surface area (Å²) in [6, 6.07) is 0.189. The highest BCUT2D eigenvalue weighted by atomic mass is 35.7. The van der Waals surface area contributed by atoms with Crippen LogP contribution in [0.15, 0.2) is 9.59 Å². The predicted molar refractivity (Wildman–Crippen MR) is 81.0 cm³/mol. The Kier molecular flexibility index (Phi) is 4.47. The van der Waals surface area contributed by atoms with E-state index in [-0.39, 0.29) is 16.2 Å². The summed E-state index contributed by atoms with van der Waals surface area (Å²) >= 11 is 1.01. The maximum Gasteiger partial charge on any atom is 0.271 e. The molecule has 2 rings (SSSR count). The van der Waals surface area contributed by atoms with Gasteiger partial charge in [-0.15, -0.1) is 11.3 Å². The fourth-order valence-electron chi connectivity index (χ4n) is 2.58. The number of amides is 1. The molecule has 1 aliphatic rings. The third kappa shape index (κ3) is 3.02. The Morgan fingerprint density at radius 1 is 1.40 bits per heavy atom. The fraction of sp³-hybridized carbons (Fsp3) is 0.615. The van der Waals surface area contributed by atoms with Crippen molar-refractivity contribution in [1.82, 2.24) is 4.90 Å². The van der Waals surface area contributed by atoms with Gasteiger partial charge in [0.2, 0.25) is 0 Å². The van der Waals surface area contributed by atoms with Gasteiger partial charge in [-0.2, -0.15) is 0 Å². The van der Waals surface area contributed by atoms with Crippen molar-refractivity contribution in [2.45, 2.75) is 43.9 Å². The van der Waals surface area contributed by atoms with Gasteiger partial charge in [-0.1, -0.05) is 6.92 Å². The molecule has 0 aromatic carbocycles. The lowest BCUT2D eigenvalue weighted by Gasteiger charge is -2.36. The van der Waals surface area contributed by atoms with E-state index >= 15 is 0 Å². The Hall–Kier alpha value is -0.590. The maximum absolute atomic E-state index is 12.6. The number of carbonyl (C=O) groups excluding carboxylic acids is 1. The van der Waals surface area contributed by atoms with Crippen molar-refractivity contribution in [2.75, 3.05) is 6.54 Å². The van der Waals surface area contributed by atoms with E-state index in [9.17, 15) is 13.2 Å². The van der Waals surface area contributed by atoms with Gasteiger partial charge in [0, 0.05) is 28.6 Å². The second-order valence-electron chi connectivity index (χ2n) is 5.49. The van der Waals surface area contributed by atoms with Gasteiger partial charge in [-0.25, -0.2) is 8.42 Å². The molecule has 0 radical (unpaired) electrons. The molecule has 7 heteroatoms. The molecule has 0 bridgehead atoms. The van der Waals surface area contributed by atoms with Gasteiger partial charge in [0.1, 0.15) is 4.21 Å². The minimum atomic E-state index is -3.78. The molecule has 20 heavy (non-hydrogen) atoms. The molecule has 1 amide bonds. The first-order valence-electron chi connectivity index (χ1n) is 6.55. The van der Waals surface area contributed by atoms with Crippen LogP contribution in [0.25, 0.3) is 0 Å². The Morgan fingerprint density at radius 3 is 2.60 bits per heavy atom. The Labute approximate surface area is 128 Å². The first-order chi connectivity index (χ1) is 9.21. The summed E-state index contributed by atoms with van der Waals surface area (Å²) in [4.78, 5) is 14.5. The van der Waals surface area contributed by atoms with Gasteiger partial charge in [0.05, 0.1) is 5.56 Å². The van der Waals surface area contributed by atoms with Crippen molar-refractivity contribution >= 4 is 37.0 Å². The van der Waals surface area contributed by atoms with Crippen LogP contribution in [0.5, 0.6) is 0 Å². The first-order valence-corrected chi connectivity index (χ1v) is 9.74. The highest BCUT2D eigenvalue weighted by Crippen LogP contribution is 2.31. The van der Waals surface area contributed by atoms with Crippen LogP contribution in [-0.4, -0.2) is 31.8 Å². The van der Waals surface area contributed by atoms with Gasteiger partial charge in [0.15, 0.2) is 0 Å². The second-order valence-corrected chi connectivity index (χ2v) is 9.13. The topological polar surface area (TPSA) is 54.5 Å². The van der Waals surface area contributed by atoms with Crippen LogP contribution in [0, 0.1) is 12.8 Å². The van der Waals surface area contributed by atoms with E-state index in [0.29, 0.717) is 17.0 Å². The summed E-state index contributed by atoms with van der Waals surface area (Å²) in [6.07, 6.45) is 2.10. The smallest absolute Gasteiger partial charge is 0.271 e. The second kappa shape index (κ2) is 5.66. The monoisotopic (exact) mass is 335 g/mol. The number of carbonyl (C=O) groups is 1. The number of thiophene rings is 1. The van der Waals surface area contributed by atoms with Crippen molar-refractivity contribution in [3.05, 3.63) is 16.5 Å². The van der Waals surface area contributed by atoms with Crippen molar-refractivity contribution in [1.29, 1.82) is 0 Å². The molecule has 1 aromatic heterocycles. The van der Waals surface area contributed by atoms with Gasteiger partial charge in [-0.3, -0.25) is 4.79 Å². The Morgan fingerprint density at radius 2 is 2.05 bits per heavy atom. The molecular formula is C13H18ClNO3S2. The van der Waals surface area contributed by atoms with Crippen LogP contribution < -0.4 is 0 Å². The molecule has 0 N–H and O–H groups in total. The minimum absolute atomic E-state index is 0.0697. The molecule has 4 nitrogen and oxygen atoms in total. The number of piperidine rings is 1. The zero-order chi connectivity index (χ0) is 15.1. The maximum atomic E-state index is 12.6. The molecule has 0 aliphatic carbocycles. The summed E-state index contributed by atoms with van der Waals surface area (Å²) < 4.78 is 22.9. The van der Waals surface area contributed by atoms with E-state index in [1.807, 2.05) is 11.8 Å². The molecule has 1 aliphatic heterocycles. The number of halogens is 1. The van der Waals surface area contributed by atoms with Gasteiger partial charge in [-0.05, 0) is 38.2 Å². The number of likely N-dealkylation sites (tertiary alicyclic amines) is 1. The zero-order valence-electron chi connectivity index (χ0n) is 11.7. The minimum Gasteiger partial charge on any atom is -0.336 e.